The second kappa shape index (κ2) is 16.2. The van der Waals surface area contributed by atoms with E-state index in [9.17, 15) is 9.59 Å². The summed E-state index contributed by atoms with van der Waals surface area (Å²) < 4.78 is 24.0. The molecule has 0 aromatic heterocycles. The standard InChI is InChI=1S/C32H28Br2N4O6/c1-41-27-15-23(13-25(33)29(27)43-19-21-9-5-3-6-10-21)17-35-37-31(39)32(40)38-36-18-24-14-26(34)30(28(16-24)42-2)44-20-22-11-7-4-8-12-22/h3-18H,19-20H2,1-2H3,(H,37,39)(H,38,40)/b35-17-,36-18-. The van der Waals surface area contributed by atoms with Crippen LogP contribution in [0.1, 0.15) is 22.3 Å². The highest BCUT2D eigenvalue weighted by atomic mass is 79.9. The fourth-order valence-electron chi connectivity index (χ4n) is 3.80. The first kappa shape index (κ1) is 32.2. The third kappa shape index (κ3) is 9.16. The van der Waals surface area contributed by atoms with E-state index in [0.29, 0.717) is 56.3 Å². The molecule has 0 radical (unpaired) electrons. The van der Waals surface area contributed by atoms with Gasteiger partial charge in [-0.05, 0) is 78.4 Å². The zero-order chi connectivity index (χ0) is 31.3. The first-order valence-electron chi connectivity index (χ1n) is 13.1. The fourth-order valence-corrected chi connectivity index (χ4v) is 4.95. The molecule has 4 aromatic carbocycles. The molecule has 0 aliphatic heterocycles. The van der Waals surface area contributed by atoms with Gasteiger partial charge < -0.3 is 18.9 Å². The molecule has 0 bridgehead atoms. The van der Waals surface area contributed by atoms with Crippen molar-refractivity contribution < 1.29 is 28.5 Å². The van der Waals surface area contributed by atoms with E-state index < -0.39 is 11.8 Å². The van der Waals surface area contributed by atoms with Gasteiger partial charge in [-0.2, -0.15) is 10.2 Å². The van der Waals surface area contributed by atoms with Crippen LogP contribution in [-0.2, 0) is 22.8 Å². The van der Waals surface area contributed by atoms with Crippen LogP contribution in [0.3, 0.4) is 0 Å². The Labute approximate surface area is 271 Å². The summed E-state index contributed by atoms with van der Waals surface area (Å²) in [6.07, 6.45) is 2.74. The topological polar surface area (TPSA) is 120 Å². The summed E-state index contributed by atoms with van der Waals surface area (Å²) in [5.74, 6) is -0.0303. The number of hydrazone groups is 2. The maximum absolute atomic E-state index is 12.2. The van der Waals surface area contributed by atoms with Crippen molar-refractivity contribution in [2.75, 3.05) is 14.2 Å². The summed E-state index contributed by atoms with van der Waals surface area (Å²) in [5.41, 5.74) is 7.55. The zero-order valence-electron chi connectivity index (χ0n) is 23.8. The van der Waals surface area contributed by atoms with Crippen LogP contribution in [0, 0.1) is 0 Å². The number of nitrogens with one attached hydrogen (secondary N) is 2. The SMILES string of the molecule is COc1cc(/C=N\NC(=O)C(=O)N/N=C\c2cc(Br)c(OCc3ccccc3)c(OC)c2)cc(Br)c1OCc1ccccc1. The van der Waals surface area contributed by atoms with Crippen LogP contribution in [-0.4, -0.2) is 38.5 Å². The predicted octanol–water partition coefficient (Wildman–Crippen LogP) is 5.99. The highest BCUT2D eigenvalue weighted by molar-refractivity contribution is 9.11. The molecule has 226 valence electrons. The molecule has 10 nitrogen and oxygen atoms in total. The molecule has 4 aromatic rings. The van der Waals surface area contributed by atoms with Crippen molar-refractivity contribution in [3.63, 3.8) is 0 Å². The number of carbonyl (C=O) groups is 2. The molecular formula is C32H28Br2N4O6. The van der Waals surface area contributed by atoms with E-state index in [0.717, 1.165) is 11.1 Å². The van der Waals surface area contributed by atoms with Crippen LogP contribution in [0.4, 0.5) is 0 Å². The molecule has 0 fully saturated rings. The molecule has 44 heavy (non-hydrogen) atoms. The van der Waals surface area contributed by atoms with Crippen LogP contribution < -0.4 is 29.8 Å². The van der Waals surface area contributed by atoms with Crippen molar-refractivity contribution in [3.05, 3.63) is 116 Å². The lowest BCUT2D eigenvalue weighted by Crippen LogP contribution is -2.35. The molecular weight excluding hydrogens is 696 g/mol. The molecule has 0 aliphatic carbocycles. The van der Waals surface area contributed by atoms with Crippen LogP contribution in [0.15, 0.2) is 104 Å². The third-order valence-electron chi connectivity index (χ3n) is 5.92. The van der Waals surface area contributed by atoms with Gasteiger partial charge in [0.1, 0.15) is 13.2 Å². The van der Waals surface area contributed by atoms with Gasteiger partial charge in [-0.1, -0.05) is 60.7 Å². The van der Waals surface area contributed by atoms with Gasteiger partial charge in [0.25, 0.3) is 0 Å². The molecule has 12 heteroatoms. The Bertz CT molecular complexity index is 1530. The van der Waals surface area contributed by atoms with E-state index in [1.54, 1.807) is 24.3 Å². The van der Waals surface area contributed by atoms with Crippen LogP contribution in [0.5, 0.6) is 23.0 Å². The van der Waals surface area contributed by atoms with Gasteiger partial charge in [-0.3, -0.25) is 9.59 Å². The second-order valence-electron chi connectivity index (χ2n) is 9.02. The summed E-state index contributed by atoms with van der Waals surface area (Å²) in [4.78, 5) is 24.4. The summed E-state index contributed by atoms with van der Waals surface area (Å²) in [5, 5.41) is 7.72. The minimum Gasteiger partial charge on any atom is -0.493 e. The number of rotatable bonds is 12. The van der Waals surface area contributed by atoms with Crippen LogP contribution in [0.2, 0.25) is 0 Å². The molecule has 0 saturated heterocycles. The summed E-state index contributed by atoms with van der Waals surface area (Å²) in [6, 6.07) is 26.3. The van der Waals surface area contributed by atoms with E-state index in [-0.39, 0.29) is 0 Å². The Morgan fingerprint density at radius 2 is 1.05 bits per heavy atom. The minimum atomic E-state index is -1.00. The number of methoxy groups -OCH3 is 2. The number of benzene rings is 4. The number of hydrogen-bond acceptors (Lipinski definition) is 8. The number of nitrogens with zero attached hydrogens (tertiary/aromatic N) is 2. The largest absolute Gasteiger partial charge is 0.493 e. The monoisotopic (exact) mass is 722 g/mol. The second-order valence-corrected chi connectivity index (χ2v) is 10.7. The van der Waals surface area contributed by atoms with E-state index in [1.807, 2.05) is 60.7 Å². The molecule has 0 aliphatic rings. The average molecular weight is 724 g/mol. The molecule has 4 rings (SSSR count). The number of amides is 2. The van der Waals surface area contributed by atoms with E-state index in [4.69, 9.17) is 18.9 Å². The third-order valence-corrected chi connectivity index (χ3v) is 7.10. The Hall–Kier alpha value is -4.68. The lowest BCUT2D eigenvalue weighted by molar-refractivity contribution is -0.139. The number of ether oxygens (including phenoxy) is 4. The molecule has 0 saturated carbocycles. The normalized spacial score (nSPS) is 10.9. The lowest BCUT2D eigenvalue weighted by Gasteiger charge is -2.13. The van der Waals surface area contributed by atoms with Gasteiger partial charge in [-0.25, -0.2) is 10.9 Å². The Morgan fingerprint density at radius 3 is 1.41 bits per heavy atom. The van der Waals surface area contributed by atoms with Gasteiger partial charge in [0.15, 0.2) is 23.0 Å². The molecule has 0 spiro atoms. The van der Waals surface area contributed by atoms with Gasteiger partial charge in [0.2, 0.25) is 0 Å². The average Bonchev–Trinajstić information content (AvgIpc) is 3.04. The fraction of sp³-hybridized carbons (Fsp3) is 0.125. The van der Waals surface area contributed by atoms with Crippen molar-refractivity contribution in [1.82, 2.24) is 10.9 Å². The molecule has 2 N–H and O–H groups in total. The summed E-state index contributed by atoms with van der Waals surface area (Å²) >= 11 is 6.97. The van der Waals surface area contributed by atoms with Gasteiger partial charge >= 0.3 is 11.8 Å². The lowest BCUT2D eigenvalue weighted by atomic mass is 10.2. The molecule has 2 amide bonds. The Kier molecular flexibility index (Phi) is 11.9. The molecule has 0 heterocycles. The highest BCUT2D eigenvalue weighted by Gasteiger charge is 2.14. The first-order valence-corrected chi connectivity index (χ1v) is 14.7. The number of carbonyl (C=O) groups excluding carboxylic acids is 2. The molecule has 0 unspecified atom stereocenters. The number of halogens is 2. The first-order chi connectivity index (χ1) is 21.4. The summed E-state index contributed by atoms with van der Waals surface area (Å²) in [6.45, 7) is 0.715. The van der Waals surface area contributed by atoms with E-state index in [2.05, 4.69) is 52.9 Å². The van der Waals surface area contributed by atoms with Crippen molar-refractivity contribution in [2.24, 2.45) is 10.2 Å². The van der Waals surface area contributed by atoms with Gasteiger partial charge in [-0.15, -0.1) is 0 Å². The van der Waals surface area contributed by atoms with Crippen molar-refractivity contribution in [2.45, 2.75) is 13.2 Å². The summed E-state index contributed by atoms with van der Waals surface area (Å²) in [7, 11) is 3.04. The maximum atomic E-state index is 12.2. The number of hydrogen-bond donors (Lipinski definition) is 2. The van der Waals surface area contributed by atoms with Gasteiger partial charge in [0.05, 0.1) is 35.6 Å². The predicted molar refractivity (Wildman–Crippen MR) is 174 cm³/mol. The van der Waals surface area contributed by atoms with Crippen molar-refractivity contribution in [1.29, 1.82) is 0 Å². The molecule has 0 atom stereocenters. The van der Waals surface area contributed by atoms with E-state index >= 15 is 0 Å². The smallest absolute Gasteiger partial charge is 0.331 e. The maximum Gasteiger partial charge on any atom is 0.331 e. The van der Waals surface area contributed by atoms with E-state index in [1.165, 1.54) is 26.6 Å². The highest BCUT2D eigenvalue weighted by Crippen LogP contribution is 2.38. The zero-order valence-corrected chi connectivity index (χ0v) is 26.9. The van der Waals surface area contributed by atoms with Crippen LogP contribution >= 0.6 is 31.9 Å². The van der Waals surface area contributed by atoms with Gasteiger partial charge in [0, 0.05) is 0 Å². The quantitative estimate of drug-likeness (QED) is 0.105. The van der Waals surface area contributed by atoms with Crippen LogP contribution in [0.25, 0.3) is 0 Å². The Balaban J connectivity index is 1.30. The minimum absolute atomic E-state index is 0.357. The van der Waals surface area contributed by atoms with Crippen molar-refractivity contribution >= 4 is 56.1 Å². The van der Waals surface area contributed by atoms with Crippen molar-refractivity contribution in [3.8, 4) is 23.0 Å². The Morgan fingerprint density at radius 1 is 0.659 bits per heavy atom.